The van der Waals surface area contributed by atoms with E-state index >= 15 is 0 Å². The molecule has 1 N–H and O–H groups in total. The Labute approximate surface area is 96.1 Å². The smallest absolute Gasteiger partial charge is 0.352 e. The first-order valence-electron chi connectivity index (χ1n) is 6.05. The first-order valence-corrected chi connectivity index (χ1v) is 6.05. The molecule has 1 fully saturated rings. The molecule has 0 aliphatic heterocycles. The average Bonchev–Trinajstić information content (AvgIpc) is 2.83. The number of hydrogen-bond donors (Lipinski definition) is 1. The summed E-state index contributed by atoms with van der Waals surface area (Å²) in [6.45, 7) is 4.47. The summed E-state index contributed by atoms with van der Waals surface area (Å²) in [5, 5.41) is 9.10. The Kier molecular flexibility index (Phi) is 3.03. The van der Waals surface area contributed by atoms with Crippen molar-refractivity contribution in [1.29, 1.82) is 0 Å². The zero-order valence-electron chi connectivity index (χ0n) is 9.89. The van der Waals surface area contributed by atoms with E-state index in [-0.39, 0.29) is 0 Å². The number of aromatic carboxylic acids is 1. The molecular weight excluding hydrogens is 202 g/mol. The molecule has 1 heterocycles. The maximum absolute atomic E-state index is 11.1. The van der Waals surface area contributed by atoms with E-state index in [0.717, 1.165) is 12.3 Å². The highest BCUT2D eigenvalue weighted by molar-refractivity contribution is 5.85. The molecule has 1 aromatic heterocycles. The Morgan fingerprint density at radius 2 is 2.31 bits per heavy atom. The molecule has 0 radical (unpaired) electrons. The van der Waals surface area contributed by atoms with E-state index in [0.29, 0.717) is 17.7 Å². The van der Waals surface area contributed by atoms with Gasteiger partial charge in [-0.25, -0.2) is 4.79 Å². The quantitative estimate of drug-likeness (QED) is 0.851. The molecule has 16 heavy (non-hydrogen) atoms. The van der Waals surface area contributed by atoms with E-state index < -0.39 is 5.97 Å². The van der Waals surface area contributed by atoms with Gasteiger partial charge in [0, 0.05) is 12.2 Å². The minimum Gasteiger partial charge on any atom is -0.477 e. The van der Waals surface area contributed by atoms with Crippen molar-refractivity contribution in [1.82, 2.24) is 4.57 Å². The Morgan fingerprint density at radius 1 is 1.56 bits per heavy atom. The van der Waals surface area contributed by atoms with Crippen LogP contribution in [-0.4, -0.2) is 15.6 Å². The van der Waals surface area contributed by atoms with Crippen LogP contribution < -0.4 is 0 Å². The highest BCUT2D eigenvalue weighted by atomic mass is 16.4. The average molecular weight is 221 g/mol. The van der Waals surface area contributed by atoms with Gasteiger partial charge < -0.3 is 9.67 Å². The Bertz CT molecular complexity index is 383. The van der Waals surface area contributed by atoms with Gasteiger partial charge in [-0.3, -0.25) is 0 Å². The number of carbonyl (C=O) groups is 1. The SMILES string of the molecule is CCC1CCC(n2cccc2C(=O)O)C1C. The van der Waals surface area contributed by atoms with Gasteiger partial charge in [0.1, 0.15) is 5.69 Å². The van der Waals surface area contributed by atoms with Crippen LogP contribution in [0.5, 0.6) is 0 Å². The van der Waals surface area contributed by atoms with Gasteiger partial charge in [0.2, 0.25) is 0 Å². The monoisotopic (exact) mass is 221 g/mol. The van der Waals surface area contributed by atoms with E-state index in [1.807, 2.05) is 16.8 Å². The first kappa shape index (κ1) is 11.2. The topological polar surface area (TPSA) is 42.2 Å². The van der Waals surface area contributed by atoms with Gasteiger partial charge in [-0.2, -0.15) is 0 Å². The van der Waals surface area contributed by atoms with Crippen molar-refractivity contribution in [2.75, 3.05) is 0 Å². The van der Waals surface area contributed by atoms with Crippen LogP contribution in [0.25, 0.3) is 0 Å². The number of carboxylic acid groups (broad SMARTS) is 1. The summed E-state index contributed by atoms with van der Waals surface area (Å²) in [5.74, 6) is 0.502. The maximum Gasteiger partial charge on any atom is 0.352 e. The molecule has 88 valence electrons. The second-order valence-electron chi connectivity index (χ2n) is 4.78. The summed E-state index contributed by atoms with van der Waals surface area (Å²) < 4.78 is 1.95. The number of nitrogens with zero attached hydrogens (tertiary/aromatic N) is 1. The third-order valence-corrected chi connectivity index (χ3v) is 4.06. The van der Waals surface area contributed by atoms with Gasteiger partial charge in [0.05, 0.1) is 0 Å². The first-order chi connectivity index (χ1) is 7.65. The van der Waals surface area contributed by atoms with Crippen molar-refractivity contribution in [3.63, 3.8) is 0 Å². The number of carboxylic acids is 1. The minimum atomic E-state index is -0.822. The fraction of sp³-hybridized carbons (Fsp3) is 0.615. The molecule has 1 aliphatic carbocycles. The van der Waals surface area contributed by atoms with Crippen LogP contribution in [0.4, 0.5) is 0 Å². The highest BCUT2D eigenvalue weighted by Gasteiger charge is 2.33. The van der Waals surface area contributed by atoms with Crippen molar-refractivity contribution < 1.29 is 9.90 Å². The molecule has 3 nitrogen and oxygen atoms in total. The molecule has 1 aromatic rings. The Morgan fingerprint density at radius 3 is 2.88 bits per heavy atom. The van der Waals surface area contributed by atoms with Gasteiger partial charge in [-0.1, -0.05) is 20.3 Å². The van der Waals surface area contributed by atoms with Crippen molar-refractivity contribution >= 4 is 5.97 Å². The van der Waals surface area contributed by atoms with Crippen molar-refractivity contribution in [2.24, 2.45) is 11.8 Å². The Balaban J connectivity index is 2.25. The zero-order valence-corrected chi connectivity index (χ0v) is 9.89. The summed E-state index contributed by atoms with van der Waals surface area (Å²) in [6.07, 6.45) is 5.43. The molecule has 0 amide bonds. The maximum atomic E-state index is 11.1. The van der Waals surface area contributed by atoms with Crippen LogP contribution in [0.2, 0.25) is 0 Å². The van der Waals surface area contributed by atoms with Crippen molar-refractivity contribution in [3.05, 3.63) is 24.0 Å². The summed E-state index contributed by atoms with van der Waals surface area (Å²) in [7, 11) is 0. The lowest BCUT2D eigenvalue weighted by atomic mass is 9.93. The summed E-state index contributed by atoms with van der Waals surface area (Å²) in [6, 6.07) is 3.88. The van der Waals surface area contributed by atoms with Gasteiger partial charge in [0.15, 0.2) is 0 Å². The highest BCUT2D eigenvalue weighted by Crippen LogP contribution is 2.42. The number of hydrogen-bond acceptors (Lipinski definition) is 1. The standard InChI is InChI=1S/C13H19NO2/c1-3-10-6-7-11(9(10)2)14-8-4-5-12(14)13(15)16/h4-5,8-11H,3,6-7H2,1-2H3,(H,15,16). The van der Waals surface area contributed by atoms with Crippen LogP contribution >= 0.6 is 0 Å². The fourth-order valence-electron chi connectivity index (χ4n) is 3.06. The number of aromatic nitrogens is 1. The zero-order chi connectivity index (χ0) is 11.7. The van der Waals surface area contributed by atoms with E-state index in [1.165, 1.54) is 12.8 Å². The van der Waals surface area contributed by atoms with Gasteiger partial charge >= 0.3 is 5.97 Å². The van der Waals surface area contributed by atoms with Crippen LogP contribution in [-0.2, 0) is 0 Å². The van der Waals surface area contributed by atoms with E-state index in [2.05, 4.69) is 13.8 Å². The molecule has 0 aromatic carbocycles. The third kappa shape index (κ3) is 1.75. The third-order valence-electron chi connectivity index (χ3n) is 4.06. The van der Waals surface area contributed by atoms with Gasteiger partial charge in [-0.05, 0) is 36.8 Å². The van der Waals surface area contributed by atoms with Crippen molar-refractivity contribution in [3.8, 4) is 0 Å². The van der Waals surface area contributed by atoms with E-state index in [9.17, 15) is 4.79 Å². The minimum absolute atomic E-state index is 0.367. The predicted molar refractivity (Wildman–Crippen MR) is 62.6 cm³/mol. The normalized spacial score (nSPS) is 29.5. The van der Waals surface area contributed by atoms with Crippen LogP contribution in [0.15, 0.2) is 18.3 Å². The number of rotatable bonds is 3. The molecule has 0 spiro atoms. The molecule has 3 unspecified atom stereocenters. The van der Waals surface area contributed by atoms with Gasteiger partial charge in [-0.15, -0.1) is 0 Å². The molecule has 0 bridgehead atoms. The molecule has 1 aliphatic rings. The predicted octanol–water partition coefficient (Wildman–Crippen LogP) is 3.18. The molecule has 3 heteroatoms. The lowest BCUT2D eigenvalue weighted by Crippen LogP contribution is -2.18. The lowest BCUT2D eigenvalue weighted by Gasteiger charge is -2.22. The second-order valence-corrected chi connectivity index (χ2v) is 4.78. The fourth-order valence-corrected chi connectivity index (χ4v) is 3.06. The summed E-state index contributed by atoms with van der Waals surface area (Å²) in [5.41, 5.74) is 0.425. The largest absolute Gasteiger partial charge is 0.477 e. The molecular formula is C13H19NO2. The van der Waals surface area contributed by atoms with E-state index in [1.54, 1.807) is 6.07 Å². The summed E-state index contributed by atoms with van der Waals surface area (Å²) in [4.78, 5) is 11.1. The van der Waals surface area contributed by atoms with E-state index in [4.69, 9.17) is 5.11 Å². The molecule has 2 rings (SSSR count). The second kappa shape index (κ2) is 4.32. The Hall–Kier alpha value is -1.25. The van der Waals surface area contributed by atoms with Crippen molar-refractivity contribution in [2.45, 2.75) is 39.2 Å². The van der Waals surface area contributed by atoms with Crippen LogP contribution in [0.3, 0.4) is 0 Å². The summed E-state index contributed by atoms with van der Waals surface area (Å²) >= 11 is 0. The lowest BCUT2D eigenvalue weighted by molar-refractivity contribution is 0.0681. The van der Waals surface area contributed by atoms with Crippen LogP contribution in [0.1, 0.15) is 49.6 Å². The molecule has 1 saturated carbocycles. The van der Waals surface area contributed by atoms with Gasteiger partial charge in [0.25, 0.3) is 0 Å². The van der Waals surface area contributed by atoms with Crippen LogP contribution in [0, 0.1) is 11.8 Å². The molecule has 3 atom stereocenters. The molecule has 0 saturated heterocycles.